The number of hydrogen-bond acceptors (Lipinski definition) is 6. The van der Waals surface area contributed by atoms with Crippen molar-refractivity contribution in [1.82, 2.24) is 10.2 Å². The Balaban J connectivity index is 1.57. The maximum atomic E-state index is 12.9. The van der Waals surface area contributed by atoms with Crippen LogP contribution in [-0.2, 0) is 19.8 Å². The minimum absolute atomic E-state index is 0.0585. The van der Waals surface area contributed by atoms with Gasteiger partial charge < -0.3 is 5.32 Å². The van der Waals surface area contributed by atoms with Crippen molar-refractivity contribution in [2.45, 2.75) is 38.1 Å². The van der Waals surface area contributed by atoms with Crippen LogP contribution in [0, 0.1) is 0 Å². The van der Waals surface area contributed by atoms with Crippen LogP contribution in [0.15, 0.2) is 35.7 Å². The molecule has 0 aliphatic carbocycles. The molecule has 1 saturated heterocycles. The van der Waals surface area contributed by atoms with Crippen LogP contribution in [0.3, 0.4) is 0 Å². The molecule has 1 unspecified atom stereocenters. The summed E-state index contributed by atoms with van der Waals surface area (Å²) in [6, 6.07) is 7.20. The average molecular weight is 425 g/mol. The Kier molecular flexibility index (Phi) is 4.77. The molecule has 3 heterocycles. The molecular formula is C21H19N3O5S. The van der Waals surface area contributed by atoms with Crippen LogP contribution in [0.4, 0.5) is 5.69 Å². The Morgan fingerprint density at radius 2 is 1.87 bits per heavy atom. The number of hydrogen-bond donors (Lipinski definition) is 2. The Labute approximate surface area is 176 Å². The van der Waals surface area contributed by atoms with Crippen molar-refractivity contribution in [2.75, 3.05) is 5.32 Å². The Hall–Kier alpha value is -3.33. The molecule has 4 rings (SSSR count). The van der Waals surface area contributed by atoms with Crippen molar-refractivity contribution in [1.29, 1.82) is 0 Å². The van der Waals surface area contributed by atoms with Gasteiger partial charge in [-0.05, 0) is 49.9 Å². The zero-order valence-electron chi connectivity index (χ0n) is 16.4. The molecule has 1 atom stereocenters. The summed E-state index contributed by atoms with van der Waals surface area (Å²) in [6.45, 7) is 3.61. The predicted molar refractivity (Wildman–Crippen MR) is 109 cm³/mol. The van der Waals surface area contributed by atoms with Gasteiger partial charge in [-0.15, -0.1) is 11.3 Å². The standard InChI is InChI=1S/C21H19N3O5S/c1-21(2,15-4-3-9-30-15)20(29)22-11-5-6-12-13(10-11)19(28)24(18(12)27)14-7-8-16(25)23-17(14)26/h3-6,9-10,14H,7-8H2,1-2H3,(H,22,29)(H,23,25,26). The highest BCUT2D eigenvalue weighted by Crippen LogP contribution is 2.32. The SMILES string of the molecule is CC(C)(C(=O)Nc1ccc2c(c1)C(=O)N(C1CCC(=O)NC1=O)C2=O)c1cccs1. The average Bonchev–Trinajstić information content (AvgIpc) is 3.31. The number of carbonyl (C=O) groups is 5. The van der Waals surface area contributed by atoms with E-state index >= 15 is 0 Å². The molecule has 30 heavy (non-hydrogen) atoms. The summed E-state index contributed by atoms with van der Waals surface area (Å²) < 4.78 is 0. The van der Waals surface area contributed by atoms with E-state index in [0.717, 1.165) is 9.78 Å². The molecule has 2 aliphatic heterocycles. The number of thiophene rings is 1. The third-order valence-electron chi connectivity index (χ3n) is 5.40. The number of carbonyl (C=O) groups excluding carboxylic acids is 5. The van der Waals surface area contributed by atoms with Crippen molar-refractivity contribution in [3.8, 4) is 0 Å². The summed E-state index contributed by atoms with van der Waals surface area (Å²) >= 11 is 1.48. The van der Waals surface area contributed by atoms with E-state index in [4.69, 9.17) is 0 Å². The van der Waals surface area contributed by atoms with Gasteiger partial charge in [0.15, 0.2) is 0 Å². The lowest BCUT2D eigenvalue weighted by Gasteiger charge is -2.27. The highest BCUT2D eigenvalue weighted by Gasteiger charge is 2.44. The fourth-order valence-electron chi connectivity index (χ4n) is 3.58. The zero-order chi connectivity index (χ0) is 21.6. The lowest BCUT2D eigenvalue weighted by Crippen LogP contribution is -2.54. The molecule has 1 aromatic carbocycles. The van der Waals surface area contributed by atoms with E-state index in [1.807, 2.05) is 17.5 Å². The molecule has 0 spiro atoms. The fourth-order valence-corrected chi connectivity index (χ4v) is 4.43. The number of rotatable bonds is 4. The molecular weight excluding hydrogens is 406 g/mol. The quantitative estimate of drug-likeness (QED) is 0.728. The van der Waals surface area contributed by atoms with E-state index in [0.29, 0.717) is 5.69 Å². The van der Waals surface area contributed by atoms with Crippen LogP contribution in [0.1, 0.15) is 52.3 Å². The van der Waals surface area contributed by atoms with Gasteiger partial charge in [-0.2, -0.15) is 0 Å². The molecule has 0 radical (unpaired) electrons. The third-order valence-corrected chi connectivity index (χ3v) is 6.60. The second kappa shape index (κ2) is 7.17. The van der Waals surface area contributed by atoms with Gasteiger partial charge in [0.05, 0.1) is 16.5 Å². The van der Waals surface area contributed by atoms with E-state index in [9.17, 15) is 24.0 Å². The van der Waals surface area contributed by atoms with E-state index in [-0.39, 0.29) is 29.9 Å². The van der Waals surface area contributed by atoms with Crippen molar-refractivity contribution in [3.05, 3.63) is 51.7 Å². The number of piperidine rings is 1. The first-order chi connectivity index (χ1) is 14.2. The molecule has 8 nitrogen and oxygen atoms in total. The van der Waals surface area contributed by atoms with Crippen molar-refractivity contribution in [3.63, 3.8) is 0 Å². The highest BCUT2D eigenvalue weighted by atomic mass is 32.1. The number of nitrogens with one attached hydrogen (secondary N) is 2. The summed E-state index contributed by atoms with van der Waals surface area (Å²) in [5.41, 5.74) is -0.0996. The Morgan fingerprint density at radius 3 is 2.53 bits per heavy atom. The summed E-state index contributed by atoms with van der Waals surface area (Å²) in [5.74, 6) is -2.53. The number of imide groups is 2. The smallest absolute Gasteiger partial charge is 0.262 e. The monoisotopic (exact) mass is 425 g/mol. The van der Waals surface area contributed by atoms with Crippen molar-refractivity contribution in [2.24, 2.45) is 0 Å². The van der Waals surface area contributed by atoms with Gasteiger partial charge in [-0.3, -0.25) is 34.2 Å². The van der Waals surface area contributed by atoms with Gasteiger partial charge in [-0.25, -0.2) is 0 Å². The lowest BCUT2D eigenvalue weighted by atomic mass is 9.90. The van der Waals surface area contributed by atoms with Crippen LogP contribution < -0.4 is 10.6 Å². The van der Waals surface area contributed by atoms with Crippen LogP contribution in [0.2, 0.25) is 0 Å². The number of benzene rings is 1. The van der Waals surface area contributed by atoms with Gasteiger partial charge in [-0.1, -0.05) is 6.07 Å². The molecule has 9 heteroatoms. The first kappa shape index (κ1) is 20.0. The molecule has 0 saturated carbocycles. The van der Waals surface area contributed by atoms with E-state index < -0.39 is 35.1 Å². The second-order valence-corrected chi connectivity index (χ2v) is 8.71. The van der Waals surface area contributed by atoms with Crippen molar-refractivity contribution >= 4 is 46.6 Å². The van der Waals surface area contributed by atoms with E-state index in [1.54, 1.807) is 19.9 Å². The highest BCUT2D eigenvalue weighted by molar-refractivity contribution is 7.10. The third kappa shape index (κ3) is 3.21. The van der Waals surface area contributed by atoms with E-state index in [2.05, 4.69) is 10.6 Å². The fraction of sp³-hybridized carbons (Fsp3) is 0.286. The minimum atomic E-state index is -1.02. The van der Waals surface area contributed by atoms with Crippen LogP contribution in [-0.4, -0.2) is 40.5 Å². The number of nitrogens with zero attached hydrogens (tertiary/aromatic N) is 1. The Bertz CT molecular complexity index is 1090. The topological polar surface area (TPSA) is 113 Å². The summed E-state index contributed by atoms with van der Waals surface area (Å²) in [7, 11) is 0. The molecule has 0 bridgehead atoms. The second-order valence-electron chi connectivity index (χ2n) is 7.76. The molecule has 2 aromatic rings. The number of fused-ring (bicyclic) bond motifs is 1. The normalized spacial score (nSPS) is 19.0. The summed E-state index contributed by atoms with van der Waals surface area (Å²) in [4.78, 5) is 63.7. The van der Waals surface area contributed by atoms with Gasteiger partial charge in [0.1, 0.15) is 6.04 Å². The van der Waals surface area contributed by atoms with Crippen LogP contribution in [0.5, 0.6) is 0 Å². The molecule has 154 valence electrons. The minimum Gasteiger partial charge on any atom is -0.325 e. The Morgan fingerprint density at radius 1 is 1.13 bits per heavy atom. The molecule has 2 aliphatic rings. The van der Waals surface area contributed by atoms with Gasteiger partial charge in [0.2, 0.25) is 17.7 Å². The first-order valence-electron chi connectivity index (χ1n) is 9.41. The van der Waals surface area contributed by atoms with Crippen LogP contribution in [0.25, 0.3) is 0 Å². The number of amides is 5. The zero-order valence-corrected chi connectivity index (χ0v) is 17.2. The molecule has 5 amide bonds. The van der Waals surface area contributed by atoms with E-state index in [1.165, 1.54) is 23.5 Å². The predicted octanol–water partition coefficient (Wildman–Crippen LogP) is 2.07. The maximum Gasteiger partial charge on any atom is 0.262 e. The number of anilines is 1. The molecule has 1 aromatic heterocycles. The lowest BCUT2D eigenvalue weighted by molar-refractivity contribution is -0.136. The summed E-state index contributed by atoms with van der Waals surface area (Å²) in [5, 5.41) is 6.86. The van der Waals surface area contributed by atoms with Gasteiger partial charge >= 0.3 is 0 Å². The first-order valence-corrected chi connectivity index (χ1v) is 10.3. The van der Waals surface area contributed by atoms with Crippen LogP contribution >= 0.6 is 11.3 Å². The molecule has 1 fully saturated rings. The summed E-state index contributed by atoms with van der Waals surface area (Å²) in [6.07, 6.45) is 0.150. The maximum absolute atomic E-state index is 12.9. The molecule has 2 N–H and O–H groups in total. The van der Waals surface area contributed by atoms with Gasteiger partial charge in [0, 0.05) is 17.0 Å². The van der Waals surface area contributed by atoms with Crippen molar-refractivity contribution < 1.29 is 24.0 Å². The van der Waals surface area contributed by atoms with Gasteiger partial charge in [0.25, 0.3) is 11.8 Å². The largest absolute Gasteiger partial charge is 0.325 e.